The number of thioether (sulfide) groups is 1. The average molecular weight is 212 g/mol. The van der Waals surface area contributed by atoms with Crippen LogP contribution in [0.5, 0.6) is 0 Å². The van der Waals surface area contributed by atoms with Crippen molar-refractivity contribution < 1.29 is 0 Å². The summed E-state index contributed by atoms with van der Waals surface area (Å²) in [4.78, 5) is 0. The molecule has 0 saturated heterocycles. The predicted molar refractivity (Wildman–Crippen MR) is 63.6 cm³/mol. The van der Waals surface area contributed by atoms with E-state index in [0.29, 0.717) is 0 Å². The molecule has 14 heavy (non-hydrogen) atoms. The molecular weight excluding hydrogens is 192 g/mol. The van der Waals surface area contributed by atoms with Crippen LogP contribution in [0.4, 0.5) is 0 Å². The van der Waals surface area contributed by atoms with E-state index in [4.69, 9.17) is 0 Å². The second kappa shape index (κ2) is 6.93. The van der Waals surface area contributed by atoms with Gasteiger partial charge in [0.1, 0.15) is 0 Å². The summed E-state index contributed by atoms with van der Waals surface area (Å²) in [5.74, 6) is 2.30. The number of nitrogens with zero attached hydrogens (tertiary/aromatic N) is 2. The summed E-state index contributed by atoms with van der Waals surface area (Å²) in [6.45, 7) is 5.49. The molecule has 0 spiro atoms. The molecule has 0 aliphatic rings. The minimum absolute atomic E-state index is 1.06. The Hall–Kier alpha value is -0.440. The molecule has 0 bridgehead atoms. The van der Waals surface area contributed by atoms with Gasteiger partial charge in [-0.2, -0.15) is 16.9 Å². The summed E-state index contributed by atoms with van der Waals surface area (Å²) in [7, 11) is 0. The van der Waals surface area contributed by atoms with Gasteiger partial charge in [-0.25, -0.2) is 0 Å². The SMILES string of the molecule is CCCCn1ccc(CSCCC)n1. The highest BCUT2D eigenvalue weighted by Gasteiger charge is 1.98. The lowest BCUT2D eigenvalue weighted by Gasteiger charge is -1.98. The summed E-state index contributed by atoms with van der Waals surface area (Å²) >= 11 is 1.97. The Morgan fingerprint density at radius 1 is 1.36 bits per heavy atom. The topological polar surface area (TPSA) is 17.8 Å². The van der Waals surface area contributed by atoms with Crippen LogP contribution >= 0.6 is 11.8 Å². The molecule has 3 heteroatoms. The predicted octanol–water partition coefficient (Wildman–Crippen LogP) is 3.33. The third-order valence-electron chi connectivity index (χ3n) is 2.04. The molecule has 1 rings (SSSR count). The van der Waals surface area contributed by atoms with Crippen molar-refractivity contribution in [1.82, 2.24) is 9.78 Å². The number of hydrogen-bond acceptors (Lipinski definition) is 2. The van der Waals surface area contributed by atoms with Gasteiger partial charge in [-0.1, -0.05) is 20.3 Å². The lowest BCUT2D eigenvalue weighted by atomic mass is 10.3. The smallest absolute Gasteiger partial charge is 0.0723 e. The minimum atomic E-state index is 1.06. The van der Waals surface area contributed by atoms with Crippen molar-refractivity contribution >= 4 is 11.8 Å². The Labute approximate surface area is 91.1 Å². The normalized spacial score (nSPS) is 10.7. The molecule has 0 saturated carbocycles. The molecule has 1 aromatic rings. The molecule has 0 N–H and O–H groups in total. The molecule has 0 amide bonds. The molecule has 2 nitrogen and oxygen atoms in total. The van der Waals surface area contributed by atoms with E-state index in [2.05, 4.69) is 35.9 Å². The number of aryl methyl sites for hydroxylation is 1. The van der Waals surface area contributed by atoms with E-state index in [1.165, 1.54) is 30.7 Å². The summed E-state index contributed by atoms with van der Waals surface area (Å²) in [6, 6.07) is 2.14. The van der Waals surface area contributed by atoms with E-state index in [9.17, 15) is 0 Å². The zero-order valence-corrected chi connectivity index (χ0v) is 10.0. The number of unbranched alkanes of at least 4 members (excludes halogenated alkanes) is 1. The van der Waals surface area contributed by atoms with Gasteiger partial charge in [0.15, 0.2) is 0 Å². The van der Waals surface area contributed by atoms with Gasteiger partial charge < -0.3 is 0 Å². The van der Waals surface area contributed by atoms with Gasteiger partial charge in [-0.05, 0) is 24.7 Å². The van der Waals surface area contributed by atoms with Gasteiger partial charge >= 0.3 is 0 Å². The third-order valence-corrected chi connectivity index (χ3v) is 3.23. The summed E-state index contributed by atoms with van der Waals surface area (Å²) < 4.78 is 2.06. The molecule has 0 atom stereocenters. The molecule has 0 fully saturated rings. The van der Waals surface area contributed by atoms with Gasteiger partial charge in [0.05, 0.1) is 5.69 Å². The van der Waals surface area contributed by atoms with Crippen LogP contribution in [-0.4, -0.2) is 15.5 Å². The van der Waals surface area contributed by atoms with Crippen LogP contribution in [0.25, 0.3) is 0 Å². The van der Waals surface area contributed by atoms with Gasteiger partial charge in [-0.3, -0.25) is 4.68 Å². The molecule has 0 unspecified atom stereocenters. The van der Waals surface area contributed by atoms with E-state index in [-0.39, 0.29) is 0 Å². The van der Waals surface area contributed by atoms with Crippen LogP contribution in [0.1, 0.15) is 38.8 Å². The highest BCUT2D eigenvalue weighted by Crippen LogP contribution is 2.10. The van der Waals surface area contributed by atoms with Crippen molar-refractivity contribution in [3.05, 3.63) is 18.0 Å². The van der Waals surface area contributed by atoms with Crippen molar-refractivity contribution in [2.75, 3.05) is 5.75 Å². The average Bonchev–Trinajstić information content (AvgIpc) is 2.63. The quantitative estimate of drug-likeness (QED) is 0.645. The highest BCUT2D eigenvalue weighted by molar-refractivity contribution is 7.98. The molecule has 80 valence electrons. The largest absolute Gasteiger partial charge is 0.272 e. The van der Waals surface area contributed by atoms with Crippen LogP contribution in [0.2, 0.25) is 0 Å². The third kappa shape index (κ3) is 4.18. The van der Waals surface area contributed by atoms with Crippen molar-refractivity contribution in [3.8, 4) is 0 Å². The highest BCUT2D eigenvalue weighted by atomic mass is 32.2. The second-order valence-electron chi connectivity index (χ2n) is 3.48. The monoisotopic (exact) mass is 212 g/mol. The lowest BCUT2D eigenvalue weighted by molar-refractivity contribution is 0.568. The molecule has 1 aromatic heterocycles. The van der Waals surface area contributed by atoms with Gasteiger partial charge in [0.25, 0.3) is 0 Å². The molecule has 1 heterocycles. The van der Waals surface area contributed by atoms with Crippen LogP contribution in [0, 0.1) is 0 Å². The molecular formula is C11H20N2S. The van der Waals surface area contributed by atoms with Crippen molar-refractivity contribution in [2.24, 2.45) is 0 Å². The second-order valence-corrected chi connectivity index (χ2v) is 4.58. The zero-order valence-electron chi connectivity index (χ0n) is 9.20. The van der Waals surface area contributed by atoms with Crippen molar-refractivity contribution in [2.45, 2.75) is 45.4 Å². The Balaban J connectivity index is 2.27. The summed E-state index contributed by atoms with van der Waals surface area (Å²) in [5.41, 5.74) is 1.22. The summed E-state index contributed by atoms with van der Waals surface area (Å²) in [6.07, 6.45) is 5.81. The number of hydrogen-bond donors (Lipinski definition) is 0. The molecule has 0 aliphatic heterocycles. The van der Waals surface area contributed by atoms with Gasteiger partial charge in [-0.15, -0.1) is 0 Å². The minimum Gasteiger partial charge on any atom is -0.272 e. The van der Waals surface area contributed by atoms with E-state index in [0.717, 1.165) is 12.3 Å². The zero-order chi connectivity index (χ0) is 10.2. The standard InChI is InChI=1S/C11H20N2S/c1-3-5-7-13-8-6-11(12-13)10-14-9-4-2/h6,8H,3-5,7,9-10H2,1-2H3. The fourth-order valence-electron chi connectivity index (χ4n) is 1.25. The van der Waals surface area contributed by atoms with Crippen LogP contribution in [-0.2, 0) is 12.3 Å². The first-order chi connectivity index (χ1) is 6.86. The Morgan fingerprint density at radius 2 is 2.21 bits per heavy atom. The van der Waals surface area contributed by atoms with E-state index in [1.54, 1.807) is 0 Å². The molecule has 0 aliphatic carbocycles. The van der Waals surface area contributed by atoms with Crippen LogP contribution < -0.4 is 0 Å². The number of rotatable bonds is 7. The maximum absolute atomic E-state index is 4.52. The Kier molecular flexibility index (Phi) is 5.76. The van der Waals surface area contributed by atoms with Gasteiger partial charge in [0, 0.05) is 18.5 Å². The fraction of sp³-hybridized carbons (Fsp3) is 0.727. The van der Waals surface area contributed by atoms with Crippen LogP contribution in [0.3, 0.4) is 0 Å². The van der Waals surface area contributed by atoms with Crippen molar-refractivity contribution in [3.63, 3.8) is 0 Å². The first kappa shape index (κ1) is 11.6. The Bertz CT molecular complexity index is 245. The molecule has 0 aromatic carbocycles. The van der Waals surface area contributed by atoms with E-state index < -0.39 is 0 Å². The lowest BCUT2D eigenvalue weighted by Crippen LogP contribution is -1.98. The Morgan fingerprint density at radius 3 is 2.93 bits per heavy atom. The maximum atomic E-state index is 4.52. The molecule has 0 radical (unpaired) electrons. The van der Waals surface area contributed by atoms with Gasteiger partial charge in [0.2, 0.25) is 0 Å². The first-order valence-electron chi connectivity index (χ1n) is 5.47. The first-order valence-corrected chi connectivity index (χ1v) is 6.62. The van der Waals surface area contributed by atoms with Crippen molar-refractivity contribution in [1.29, 1.82) is 0 Å². The van der Waals surface area contributed by atoms with E-state index >= 15 is 0 Å². The summed E-state index contributed by atoms with van der Waals surface area (Å²) in [5, 5.41) is 4.52. The van der Waals surface area contributed by atoms with E-state index in [1.807, 2.05) is 11.8 Å². The fourth-order valence-corrected chi connectivity index (χ4v) is 2.04. The number of aromatic nitrogens is 2. The maximum Gasteiger partial charge on any atom is 0.0723 e. The van der Waals surface area contributed by atoms with Crippen LogP contribution in [0.15, 0.2) is 12.3 Å².